The topological polar surface area (TPSA) is 42.2 Å². The van der Waals surface area contributed by atoms with Crippen LogP contribution in [0.1, 0.15) is 28.8 Å². The van der Waals surface area contributed by atoms with Crippen LogP contribution in [0.25, 0.3) is 0 Å². The van der Waals surface area contributed by atoms with Gasteiger partial charge in [0.2, 0.25) is 0 Å². The highest BCUT2D eigenvalue weighted by atomic mass is 19.4. The quantitative estimate of drug-likeness (QED) is 0.874. The molecule has 1 aromatic heterocycles. The molecule has 122 valence electrons. The molecule has 1 N–H and O–H groups in total. The van der Waals surface area contributed by atoms with Gasteiger partial charge in [0.15, 0.2) is 0 Å². The van der Waals surface area contributed by atoms with Crippen molar-refractivity contribution in [1.82, 2.24) is 9.78 Å². The number of hydrogen-bond donors (Lipinski definition) is 1. The normalized spacial score (nSPS) is 15.3. The molecule has 0 saturated heterocycles. The Morgan fingerprint density at radius 1 is 1.26 bits per heavy atom. The summed E-state index contributed by atoms with van der Waals surface area (Å²) in [6.45, 7) is 3.16. The van der Waals surface area contributed by atoms with Crippen molar-refractivity contribution in [3.05, 3.63) is 46.6 Å². The molecule has 0 radical (unpaired) electrons. The van der Waals surface area contributed by atoms with E-state index in [1.54, 1.807) is 10.7 Å². The third kappa shape index (κ3) is 2.95. The molecule has 0 fully saturated rings. The first-order valence-corrected chi connectivity index (χ1v) is 7.38. The molecule has 2 heterocycles. The second kappa shape index (κ2) is 5.72. The molecule has 2 aromatic rings. The van der Waals surface area contributed by atoms with Gasteiger partial charge in [-0.1, -0.05) is 12.1 Å². The van der Waals surface area contributed by atoms with Crippen LogP contribution in [0.2, 0.25) is 0 Å². The van der Waals surface area contributed by atoms with Crippen molar-refractivity contribution in [3.8, 4) is 0 Å². The number of alkyl halides is 3. The maximum absolute atomic E-state index is 13.0. The van der Waals surface area contributed by atoms with E-state index in [4.69, 9.17) is 0 Å². The van der Waals surface area contributed by atoms with Crippen molar-refractivity contribution < 1.29 is 13.2 Å². The van der Waals surface area contributed by atoms with E-state index in [-0.39, 0.29) is 0 Å². The van der Waals surface area contributed by atoms with Gasteiger partial charge in [-0.15, -0.1) is 0 Å². The number of hydrogen-bond acceptors (Lipinski definition) is 3. The van der Waals surface area contributed by atoms with Crippen LogP contribution in [-0.4, -0.2) is 28.6 Å². The SMILES string of the molecule is Cc1nn(C)c2c1C(c1cccc(C(F)(F)F)c1)=NCCCN2. The van der Waals surface area contributed by atoms with Gasteiger partial charge in [-0.25, -0.2) is 0 Å². The molecule has 0 spiro atoms. The summed E-state index contributed by atoms with van der Waals surface area (Å²) >= 11 is 0. The highest BCUT2D eigenvalue weighted by Gasteiger charge is 2.31. The number of nitrogens with one attached hydrogen (secondary N) is 1. The number of anilines is 1. The fourth-order valence-corrected chi connectivity index (χ4v) is 2.78. The van der Waals surface area contributed by atoms with Crippen molar-refractivity contribution in [1.29, 1.82) is 0 Å². The molecule has 1 aliphatic heterocycles. The summed E-state index contributed by atoms with van der Waals surface area (Å²) in [5, 5.41) is 7.67. The van der Waals surface area contributed by atoms with Crippen LogP contribution in [0.15, 0.2) is 29.3 Å². The zero-order chi connectivity index (χ0) is 16.6. The molecule has 0 atom stereocenters. The maximum atomic E-state index is 13.0. The first-order chi connectivity index (χ1) is 10.9. The lowest BCUT2D eigenvalue weighted by atomic mass is 9.99. The number of aryl methyl sites for hydroxylation is 2. The fourth-order valence-electron chi connectivity index (χ4n) is 2.78. The van der Waals surface area contributed by atoms with E-state index in [2.05, 4.69) is 15.4 Å². The zero-order valence-electron chi connectivity index (χ0n) is 12.9. The molecule has 4 nitrogen and oxygen atoms in total. The molecule has 0 aliphatic carbocycles. The summed E-state index contributed by atoms with van der Waals surface area (Å²) in [5.74, 6) is 0.790. The van der Waals surface area contributed by atoms with Crippen LogP contribution in [0.3, 0.4) is 0 Å². The van der Waals surface area contributed by atoms with Crippen LogP contribution < -0.4 is 5.32 Å². The highest BCUT2D eigenvalue weighted by molar-refractivity contribution is 6.16. The van der Waals surface area contributed by atoms with Crippen LogP contribution in [-0.2, 0) is 13.2 Å². The Balaban J connectivity index is 2.16. The number of nitrogens with zero attached hydrogens (tertiary/aromatic N) is 3. The monoisotopic (exact) mass is 322 g/mol. The Labute approximate surface area is 132 Å². The minimum absolute atomic E-state index is 0.459. The molecule has 3 rings (SSSR count). The maximum Gasteiger partial charge on any atom is 0.416 e. The second-order valence-corrected chi connectivity index (χ2v) is 5.52. The van der Waals surface area contributed by atoms with Crippen LogP contribution in [0.5, 0.6) is 0 Å². The Hall–Kier alpha value is -2.31. The number of fused-ring (bicyclic) bond motifs is 1. The van der Waals surface area contributed by atoms with Gasteiger partial charge < -0.3 is 5.32 Å². The van der Waals surface area contributed by atoms with Gasteiger partial charge in [-0.2, -0.15) is 18.3 Å². The van der Waals surface area contributed by atoms with E-state index in [0.29, 0.717) is 17.8 Å². The summed E-state index contributed by atoms with van der Waals surface area (Å²) in [4.78, 5) is 4.55. The number of aliphatic imine (C=N–C) groups is 1. The first-order valence-electron chi connectivity index (χ1n) is 7.38. The molecule has 7 heteroatoms. The van der Waals surface area contributed by atoms with Crippen LogP contribution in [0.4, 0.5) is 19.0 Å². The molecule has 1 aromatic carbocycles. The van der Waals surface area contributed by atoms with E-state index in [1.807, 2.05) is 14.0 Å². The Morgan fingerprint density at radius 3 is 2.78 bits per heavy atom. The van der Waals surface area contributed by atoms with Crippen molar-refractivity contribution >= 4 is 11.5 Å². The summed E-state index contributed by atoms with van der Waals surface area (Å²) in [7, 11) is 1.81. The highest BCUT2D eigenvalue weighted by Crippen LogP contribution is 2.31. The van der Waals surface area contributed by atoms with Crippen LogP contribution in [0, 0.1) is 6.92 Å². The zero-order valence-corrected chi connectivity index (χ0v) is 12.9. The molecular weight excluding hydrogens is 305 g/mol. The van der Waals surface area contributed by atoms with Gasteiger partial charge in [0.05, 0.1) is 22.5 Å². The van der Waals surface area contributed by atoms with Gasteiger partial charge in [0, 0.05) is 25.7 Å². The Bertz CT molecular complexity index is 759. The van der Waals surface area contributed by atoms with Crippen molar-refractivity contribution in [2.24, 2.45) is 12.0 Å². The Morgan fingerprint density at radius 2 is 2.04 bits per heavy atom. The van der Waals surface area contributed by atoms with Gasteiger partial charge >= 0.3 is 6.18 Å². The van der Waals surface area contributed by atoms with Gasteiger partial charge in [0.25, 0.3) is 0 Å². The van der Waals surface area contributed by atoms with Crippen LogP contribution >= 0.6 is 0 Å². The number of benzene rings is 1. The largest absolute Gasteiger partial charge is 0.416 e. The average molecular weight is 322 g/mol. The number of rotatable bonds is 1. The van der Waals surface area contributed by atoms with Gasteiger partial charge in [-0.05, 0) is 25.5 Å². The standard InChI is InChI=1S/C16H17F3N4/c1-10-13-14(11-5-3-6-12(9-11)16(17,18)19)20-7-4-8-21-15(13)23(2)22-10/h3,5-6,9,21H,4,7-8H2,1-2H3. The van der Waals surface area contributed by atoms with Gasteiger partial charge in [-0.3, -0.25) is 9.67 Å². The lowest BCUT2D eigenvalue weighted by Gasteiger charge is -2.16. The number of halogens is 3. The molecule has 23 heavy (non-hydrogen) atoms. The third-order valence-electron chi connectivity index (χ3n) is 3.82. The van der Waals surface area contributed by atoms with E-state index >= 15 is 0 Å². The summed E-state index contributed by atoms with van der Waals surface area (Å²) < 4.78 is 40.7. The first kappa shape index (κ1) is 15.6. The van der Waals surface area contributed by atoms with E-state index in [1.165, 1.54) is 6.07 Å². The van der Waals surface area contributed by atoms with Crippen molar-refractivity contribution in [2.45, 2.75) is 19.5 Å². The molecule has 0 bridgehead atoms. The molecule has 0 unspecified atom stereocenters. The van der Waals surface area contributed by atoms with E-state index in [9.17, 15) is 13.2 Å². The minimum Gasteiger partial charge on any atom is -0.370 e. The Kier molecular flexibility index (Phi) is 3.87. The second-order valence-electron chi connectivity index (χ2n) is 5.52. The molecule has 0 amide bonds. The van der Waals surface area contributed by atoms with E-state index < -0.39 is 11.7 Å². The summed E-state index contributed by atoms with van der Waals surface area (Å²) in [6, 6.07) is 5.29. The minimum atomic E-state index is -4.37. The fraction of sp³-hybridized carbons (Fsp3) is 0.375. The lowest BCUT2D eigenvalue weighted by molar-refractivity contribution is -0.137. The average Bonchev–Trinajstić information content (AvgIpc) is 2.72. The molecule has 0 saturated carbocycles. The van der Waals surface area contributed by atoms with Gasteiger partial charge in [0.1, 0.15) is 5.82 Å². The third-order valence-corrected chi connectivity index (χ3v) is 3.82. The summed E-state index contributed by atoms with van der Waals surface area (Å²) in [5.41, 5.74) is 1.86. The predicted molar refractivity (Wildman–Crippen MR) is 83.0 cm³/mol. The molecular formula is C16H17F3N4. The smallest absolute Gasteiger partial charge is 0.370 e. The molecule has 1 aliphatic rings. The van der Waals surface area contributed by atoms with Crippen molar-refractivity contribution in [2.75, 3.05) is 18.4 Å². The van der Waals surface area contributed by atoms with Crippen molar-refractivity contribution in [3.63, 3.8) is 0 Å². The lowest BCUT2D eigenvalue weighted by Crippen LogP contribution is -2.16. The predicted octanol–water partition coefficient (Wildman–Crippen LogP) is 3.40. The van der Waals surface area contributed by atoms with E-state index in [0.717, 1.165) is 42.2 Å². The summed E-state index contributed by atoms with van der Waals surface area (Å²) in [6.07, 6.45) is -3.56. The number of aromatic nitrogens is 2.